The number of hydrogen-bond acceptors (Lipinski definition) is 5. The summed E-state index contributed by atoms with van der Waals surface area (Å²) in [5, 5.41) is 3.53. The summed E-state index contributed by atoms with van der Waals surface area (Å²) < 4.78 is 0. The first-order chi connectivity index (χ1) is 9.21. The summed E-state index contributed by atoms with van der Waals surface area (Å²) in [4.78, 5) is 8.93. The molecule has 0 saturated heterocycles. The molecule has 0 unspecified atom stereocenters. The van der Waals surface area contributed by atoms with E-state index in [-0.39, 0.29) is 0 Å². The largest absolute Gasteiger partial charge is 0.367 e. The molecule has 5 heteroatoms. The Morgan fingerprint density at radius 3 is 2.53 bits per heavy atom. The van der Waals surface area contributed by atoms with Gasteiger partial charge in [0.25, 0.3) is 0 Å². The van der Waals surface area contributed by atoms with Crippen molar-refractivity contribution in [2.24, 2.45) is 11.8 Å². The summed E-state index contributed by atoms with van der Waals surface area (Å²) in [6, 6.07) is 2.42. The van der Waals surface area contributed by atoms with E-state index in [1.165, 1.54) is 25.7 Å². The van der Waals surface area contributed by atoms with Crippen LogP contribution < -0.4 is 16.6 Å². The minimum Gasteiger partial charge on any atom is -0.367 e. The quantitative estimate of drug-likeness (QED) is 0.562. The van der Waals surface area contributed by atoms with E-state index in [0.717, 1.165) is 30.4 Å². The van der Waals surface area contributed by atoms with Crippen molar-refractivity contribution in [3.05, 3.63) is 11.9 Å². The van der Waals surface area contributed by atoms with Crippen LogP contribution in [0.1, 0.15) is 51.8 Å². The number of aryl methyl sites for hydroxylation is 1. The second-order valence-electron chi connectivity index (χ2n) is 5.55. The molecule has 4 N–H and O–H groups in total. The summed E-state index contributed by atoms with van der Waals surface area (Å²) in [5.41, 5.74) is 2.62. The van der Waals surface area contributed by atoms with Gasteiger partial charge in [0, 0.05) is 18.5 Å². The van der Waals surface area contributed by atoms with Crippen molar-refractivity contribution in [3.8, 4) is 0 Å². The number of hydrogen-bond donors (Lipinski definition) is 3. The Morgan fingerprint density at radius 1 is 1.21 bits per heavy atom. The van der Waals surface area contributed by atoms with Crippen molar-refractivity contribution in [2.45, 2.75) is 58.4 Å². The van der Waals surface area contributed by atoms with Gasteiger partial charge in [0.05, 0.1) is 0 Å². The summed E-state index contributed by atoms with van der Waals surface area (Å²) in [5.74, 6) is 8.76. The zero-order valence-electron chi connectivity index (χ0n) is 11.9. The average Bonchev–Trinajstić information content (AvgIpc) is 2.41. The van der Waals surface area contributed by atoms with Crippen molar-refractivity contribution in [2.75, 3.05) is 10.7 Å². The Hall–Kier alpha value is -1.36. The lowest BCUT2D eigenvalue weighted by Gasteiger charge is -2.27. The second-order valence-corrected chi connectivity index (χ2v) is 5.55. The van der Waals surface area contributed by atoms with E-state index >= 15 is 0 Å². The monoisotopic (exact) mass is 263 g/mol. The lowest BCUT2D eigenvalue weighted by atomic mass is 9.87. The summed E-state index contributed by atoms with van der Waals surface area (Å²) in [6.07, 6.45) is 6.96. The molecular formula is C14H25N5. The van der Waals surface area contributed by atoms with Crippen LogP contribution in [0.2, 0.25) is 0 Å². The van der Waals surface area contributed by atoms with E-state index < -0.39 is 0 Å². The first-order valence-electron chi connectivity index (χ1n) is 7.32. The Morgan fingerprint density at radius 2 is 1.89 bits per heavy atom. The van der Waals surface area contributed by atoms with E-state index in [2.05, 4.69) is 34.6 Å². The molecule has 19 heavy (non-hydrogen) atoms. The van der Waals surface area contributed by atoms with Crippen LogP contribution in [0.5, 0.6) is 0 Å². The van der Waals surface area contributed by atoms with E-state index in [9.17, 15) is 0 Å². The second kappa shape index (κ2) is 6.70. The maximum atomic E-state index is 5.47. The molecule has 2 rings (SSSR count). The maximum Gasteiger partial charge on any atom is 0.145 e. The van der Waals surface area contributed by atoms with Crippen molar-refractivity contribution in [1.82, 2.24) is 9.97 Å². The highest BCUT2D eigenvalue weighted by molar-refractivity contribution is 5.47. The fourth-order valence-electron chi connectivity index (χ4n) is 2.59. The van der Waals surface area contributed by atoms with Crippen LogP contribution in [0.15, 0.2) is 6.07 Å². The van der Waals surface area contributed by atoms with E-state index in [1.54, 1.807) is 0 Å². The van der Waals surface area contributed by atoms with Gasteiger partial charge in [-0.25, -0.2) is 15.8 Å². The zero-order chi connectivity index (χ0) is 13.7. The van der Waals surface area contributed by atoms with Gasteiger partial charge in [0.2, 0.25) is 0 Å². The molecule has 0 radical (unpaired) electrons. The van der Waals surface area contributed by atoms with Gasteiger partial charge in [-0.15, -0.1) is 0 Å². The van der Waals surface area contributed by atoms with E-state index in [1.807, 2.05) is 6.07 Å². The summed E-state index contributed by atoms with van der Waals surface area (Å²) in [7, 11) is 0. The number of anilines is 2. The predicted molar refractivity (Wildman–Crippen MR) is 78.9 cm³/mol. The maximum absolute atomic E-state index is 5.47. The molecule has 106 valence electrons. The topological polar surface area (TPSA) is 75.9 Å². The highest BCUT2D eigenvalue weighted by Crippen LogP contribution is 2.26. The van der Waals surface area contributed by atoms with Crippen molar-refractivity contribution < 1.29 is 0 Å². The molecule has 1 aliphatic carbocycles. The molecule has 1 aromatic heterocycles. The number of rotatable bonds is 5. The third-order valence-electron chi connectivity index (χ3n) is 3.76. The minimum absolute atomic E-state index is 0.534. The molecule has 1 saturated carbocycles. The zero-order valence-corrected chi connectivity index (χ0v) is 11.9. The molecule has 1 heterocycles. The number of nitrogen functional groups attached to an aromatic ring is 1. The van der Waals surface area contributed by atoms with Gasteiger partial charge in [0.15, 0.2) is 0 Å². The lowest BCUT2D eigenvalue weighted by molar-refractivity contribution is 0.360. The predicted octanol–water partition coefficient (Wildman–Crippen LogP) is 2.71. The van der Waals surface area contributed by atoms with Gasteiger partial charge in [0.1, 0.15) is 17.5 Å². The van der Waals surface area contributed by atoms with Crippen LogP contribution in [-0.2, 0) is 6.42 Å². The highest BCUT2D eigenvalue weighted by atomic mass is 15.3. The number of hydrazine groups is 1. The van der Waals surface area contributed by atoms with Crippen molar-refractivity contribution in [1.29, 1.82) is 0 Å². The molecule has 1 aromatic rings. The summed E-state index contributed by atoms with van der Waals surface area (Å²) >= 11 is 0. The number of aromatic nitrogens is 2. The van der Waals surface area contributed by atoms with Gasteiger partial charge < -0.3 is 10.7 Å². The Bertz CT molecular complexity index is 399. The smallest absolute Gasteiger partial charge is 0.145 e. The van der Waals surface area contributed by atoms with Gasteiger partial charge in [-0.3, -0.25) is 0 Å². The molecule has 1 aliphatic rings. The lowest BCUT2D eigenvalue weighted by Crippen LogP contribution is -2.26. The molecule has 0 spiro atoms. The van der Waals surface area contributed by atoms with Gasteiger partial charge in [-0.05, 0) is 38.0 Å². The van der Waals surface area contributed by atoms with Crippen LogP contribution in [0.3, 0.4) is 0 Å². The van der Waals surface area contributed by atoms with E-state index in [0.29, 0.717) is 11.9 Å². The molecule has 0 aromatic carbocycles. The normalized spacial score (nSPS) is 23.1. The first kappa shape index (κ1) is 14.1. The van der Waals surface area contributed by atoms with Gasteiger partial charge in [-0.2, -0.15) is 0 Å². The highest BCUT2D eigenvalue weighted by Gasteiger charge is 2.18. The van der Waals surface area contributed by atoms with Crippen LogP contribution >= 0.6 is 0 Å². The number of nitrogens with one attached hydrogen (secondary N) is 2. The van der Waals surface area contributed by atoms with Crippen LogP contribution in [0.25, 0.3) is 0 Å². The molecule has 0 bridgehead atoms. The molecular weight excluding hydrogens is 238 g/mol. The van der Waals surface area contributed by atoms with Crippen molar-refractivity contribution in [3.63, 3.8) is 0 Å². The van der Waals surface area contributed by atoms with Crippen LogP contribution in [0.4, 0.5) is 11.6 Å². The molecule has 0 amide bonds. The number of nitrogens with zero attached hydrogens (tertiary/aromatic N) is 2. The molecule has 0 atom stereocenters. The first-order valence-corrected chi connectivity index (χ1v) is 7.32. The van der Waals surface area contributed by atoms with Crippen LogP contribution in [-0.4, -0.2) is 16.0 Å². The Kier molecular flexibility index (Phi) is 4.96. The Balaban J connectivity index is 2.04. The average molecular weight is 263 g/mol. The molecule has 1 fully saturated rings. The van der Waals surface area contributed by atoms with Crippen LogP contribution in [0, 0.1) is 5.92 Å². The standard InChI is InChI=1S/C14H25N5/c1-3-4-12-17-13(9-14(18-12)19-15)16-11-7-5-10(2)6-8-11/h9-11H,3-8,15H2,1-2H3,(H2,16,17,18,19). The fourth-order valence-corrected chi connectivity index (χ4v) is 2.59. The third-order valence-corrected chi connectivity index (χ3v) is 3.76. The number of nitrogens with two attached hydrogens (primary N) is 1. The van der Waals surface area contributed by atoms with Gasteiger partial charge >= 0.3 is 0 Å². The Labute approximate surface area is 115 Å². The van der Waals surface area contributed by atoms with E-state index in [4.69, 9.17) is 5.84 Å². The van der Waals surface area contributed by atoms with Crippen molar-refractivity contribution >= 4 is 11.6 Å². The van der Waals surface area contributed by atoms with Gasteiger partial charge in [-0.1, -0.05) is 13.8 Å². The third kappa shape index (κ3) is 4.06. The SMILES string of the molecule is CCCc1nc(NN)cc(NC2CCC(C)CC2)n1. The summed E-state index contributed by atoms with van der Waals surface area (Å²) in [6.45, 7) is 4.46. The minimum atomic E-state index is 0.534. The molecule has 0 aliphatic heterocycles. The fraction of sp³-hybridized carbons (Fsp3) is 0.714. The molecule has 5 nitrogen and oxygen atoms in total.